The molecule has 3 aliphatic rings. The van der Waals surface area contributed by atoms with E-state index in [1.54, 1.807) is 13.0 Å². The Bertz CT molecular complexity index is 1320. The van der Waals surface area contributed by atoms with Gasteiger partial charge in [0.15, 0.2) is 34.7 Å². The number of ketones is 5. The van der Waals surface area contributed by atoms with Crippen LogP contribution in [0.15, 0.2) is 18.2 Å². The molecule has 1 amide bonds. The molecule has 0 spiro atoms. The van der Waals surface area contributed by atoms with E-state index in [-0.39, 0.29) is 24.2 Å². The van der Waals surface area contributed by atoms with E-state index < -0.39 is 88.1 Å². The van der Waals surface area contributed by atoms with Gasteiger partial charge in [-0.3, -0.25) is 33.7 Å². The monoisotopic (exact) mass is 542 g/mol. The molecule has 0 heterocycles. The van der Waals surface area contributed by atoms with Crippen molar-refractivity contribution >= 4 is 40.8 Å². The number of aliphatic hydroxyl groups is 1. The van der Waals surface area contributed by atoms with E-state index in [2.05, 4.69) is 0 Å². The van der Waals surface area contributed by atoms with Crippen LogP contribution in [0.2, 0.25) is 0 Å². The van der Waals surface area contributed by atoms with Crippen LogP contribution in [-0.2, 0) is 33.5 Å². The molecule has 0 aliphatic heterocycles. The lowest BCUT2D eigenvalue weighted by atomic mass is 9.49. The van der Waals surface area contributed by atoms with Crippen molar-refractivity contribution in [3.8, 4) is 5.75 Å². The third-order valence-corrected chi connectivity index (χ3v) is 8.27. The number of esters is 1. The predicted molar refractivity (Wildman–Crippen MR) is 131 cm³/mol. The molecule has 12 nitrogen and oxygen atoms in total. The van der Waals surface area contributed by atoms with Crippen molar-refractivity contribution in [1.82, 2.24) is 4.90 Å². The number of likely N-dealkylation sites (N-methyl/N-ethyl adjacent to an activating group) is 1. The lowest BCUT2D eigenvalue weighted by Gasteiger charge is -2.56. The Morgan fingerprint density at radius 3 is 2.28 bits per heavy atom. The quantitative estimate of drug-likeness (QED) is 0.304. The van der Waals surface area contributed by atoms with E-state index >= 15 is 0 Å². The number of hydrogen-bond acceptors (Lipinski definition) is 11. The molecule has 2 unspecified atom stereocenters. The van der Waals surface area contributed by atoms with Crippen molar-refractivity contribution in [1.29, 1.82) is 0 Å². The number of carbonyl (C=O) groups excluding carboxylic acids is 7. The summed E-state index contributed by atoms with van der Waals surface area (Å²) in [6.45, 7) is 2.91. The average molecular weight is 543 g/mol. The molecule has 0 radical (unpaired) electrons. The van der Waals surface area contributed by atoms with Crippen LogP contribution in [0.5, 0.6) is 5.75 Å². The molecule has 2 saturated carbocycles. The zero-order valence-corrected chi connectivity index (χ0v) is 21.9. The first-order chi connectivity index (χ1) is 18.2. The summed E-state index contributed by atoms with van der Waals surface area (Å²) in [6.07, 6.45) is -2.07. The van der Waals surface area contributed by atoms with Crippen LogP contribution < -0.4 is 5.73 Å². The van der Waals surface area contributed by atoms with Crippen LogP contribution in [0.25, 0.3) is 0 Å². The molecule has 1 aromatic rings. The van der Waals surface area contributed by atoms with E-state index in [0.717, 1.165) is 0 Å². The Balaban J connectivity index is 1.98. The number of carbonyl (C=O) groups is 7. The number of ether oxygens (including phenoxy) is 1. The van der Waals surface area contributed by atoms with Gasteiger partial charge >= 0.3 is 5.97 Å². The average Bonchev–Trinajstić information content (AvgIpc) is 2.84. The largest absolute Gasteiger partial charge is 0.507 e. The van der Waals surface area contributed by atoms with Crippen molar-refractivity contribution < 1.29 is 48.5 Å². The minimum Gasteiger partial charge on any atom is -0.507 e. The van der Waals surface area contributed by atoms with E-state index in [1.807, 2.05) is 0 Å². The van der Waals surface area contributed by atoms with E-state index in [4.69, 9.17) is 10.5 Å². The van der Waals surface area contributed by atoms with Crippen molar-refractivity contribution in [2.75, 3.05) is 14.1 Å². The molecule has 39 heavy (non-hydrogen) atoms. The second-order valence-corrected chi connectivity index (χ2v) is 10.8. The zero-order valence-electron chi connectivity index (χ0n) is 21.9. The summed E-state index contributed by atoms with van der Waals surface area (Å²) >= 11 is 0. The first-order valence-electron chi connectivity index (χ1n) is 12.5. The van der Waals surface area contributed by atoms with Crippen LogP contribution in [0, 0.1) is 23.7 Å². The maximum absolute atomic E-state index is 14.1. The fourth-order valence-corrected chi connectivity index (χ4v) is 6.55. The number of hydrogen-bond donors (Lipinski definition) is 3. The summed E-state index contributed by atoms with van der Waals surface area (Å²) in [5.41, 5.74) is 2.44. The van der Waals surface area contributed by atoms with Crippen LogP contribution in [0.3, 0.4) is 0 Å². The zero-order chi connectivity index (χ0) is 29.1. The number of primary amides is 1. The highest BCUT2D eigenvalue weighted by molar-refractivity contribution is 6.32. The molecular weight excluding hydrogens is 512 g/mol. The molecule has 0 saturated heterocycles. The van der Waals surface area contributed by atoms with E-state index in [0.29, 0.717) is 5.56 Å². The minimum absolute atomic E-state index is 0.168. The first-order valence-corrected chi connectivity index (χ1v) is 12.5. The molecule has 4 rings (SSSR count). The van der Waals surface area contributed by atoms with Crippen LogP contribution in [0.1, 0.15) is 48.5 Å². The highest BCUT2D eigenvalue weighted by Gasteiger charge is 2.74. The summed E-state index contributed by atoms with van der Waals surface area (Å²) in [5.74, 6) is -15.1. The molecule has 0 aromatic heterocycles. The molecule has 0 bridgehead atoms. The summed E-state index contributed by atoms with van der Waals surface area (Å²) < 4.78 is 5.77. The number of fused-ring (bicyclic) bond motifs is 3. The second kappa shape index (κ2) is 9.76. The molecule has 208 valence electrons. The van der Waals surface area contributed by atoms with Crippen molar-refractivity contribution in [3.05, 3.63) is 29.3 Å². The highest BCUT2D eigenvalue weighted by Crippen LogP contribution is 2.55. The third-order valence-electron chi connectivity index (χ3n) is 8.27. The van der Waals surface area contributed by atoms with E-state index in [9.17, 15) is 43.8 Å². The summed E-state index contributed by atoms with van der Waals surface area (Å²) in [4.78, 5) is 92.7. The standard InChI is InChI=1S/C27H30N2O10/c1-10(30)8-9-14(32)39-23-15-11(2)12-6-5-7-13(31)16(12)21(33)17(15)24(35)27(38)19(23)20(29(3)4)22(34)18(25(27)36)26(28)37/h5-7,11,15,17-20,23,31,38H,8-9H2,1-4H3,(H2,28,37)/t11-,15+,17?,18?,19+,20-,23-,27-/m1/s1. The lowest BCUT2D eigenvalue weighted by Crippen LogP contribution is -2.78. The number of phenols is 1. The normalized spacial score (nSPS) is 33.7. The van der Waals surface area contributed by atoms with Gasteiger partial charge < -0.3 is 25.5 Å². The van der Waals surface area contributed by atoms with Gasteiger partial charge in [0.1, 0.15) is 17.6 Å². The molecule has 2 fully saturated rings. The van der Waals surface area contributed by atoms with Gasteiger partial charge in [-0.1, -0.05) is 19.1 Å². The van der Waals surface area contributed by atoms with Gasteiger partial charge in [0, 0.05) is 12.3 Å². The van der Waals surface area contributed by atoms with Gasteiger partial charge in [-0.25, -0.2) is 0 Å². The van der Waals surface area contributed by atoms with Crippen LogP contribution in [-0.4, -0.2) is 87.7 Å². The molecule has 1 aromatic carbocycles. The van der Waals surface area contributed by atoms with Crippen LogP contribution in [0.4, 0.5) is 0 Å². The second-order valence-electron chi connectivity index (χ2n) is 10.8. The van der Waals surface area contributed by atoms with Gasteiger partial charge in [0.25, 0.3) is 0 Å². The van der Waals surface area contributed by atoms with Gasteiger partial charge in [-0.2, -0.15) is 0 Å². The summed E-state index contributed by atoms with van der Waals surface area (Å²) in [5, 5.41) is 22.4. The SMILES string of the molecule is CC(=O)CCC(=O)O[C@@H]1[C@@H]2C(C(=O)c3c(O)cccc3[C@H]2C)C(=O)[C@@]2(O)C(=O)C(C(N)=O)C(=O)[C@H](N(C)C)[C@@H]12. The maximum Gasteiger partial charge on any atom is 0.306 e. The summed E-state index contributed by atoms with van der Waals surface area (Å²) in [7, 11) is 2.84. The van der Waals surface area contributed by atoms with Gasteiger partial charge in [0.05, 0.1) is 29.9 Å². The number of benzene rings is 1. The fraction of sp³-hybridized carbons (Fsp3) is 0.519. The Morgan fingerprint density at radius 2 is 1.72 bits per heavy atom. The van der Waals surface area contributed by atoms with Gasteiger partial charge in [-0.15, -0.1) is 0 Å². The summed E-state index contributed by atoms with van der Waals surface area (Å²) in [6, 6.07) is 2.84. The molecule has 12 heteroatoms. The molecule has 8 atom stereocenters. The fourth-order valence-electron chi connectivity index (χ4n) is 6.55. The van der Waals surface area contributed by atoms with E-state index in [1.165, 1.54) is 38.1 Å². The van der Waals surface area contributed by atoms with Gasteiger partial charge in [0.2, 0.25) is 5.91 Å². The Labute approximate surface area is 223 Å². The number of rotatable bonds is 6. The highest BCUT2D eigenvalue weighted by atomic mass is 16.5. The molecule has 3 aliphatic carbocycles. The Hall–Kier alpha value is -3.77. The Morgan fingerprint density at radius 1 is 1.08 bits per heavy atom. The van der Waals surface area contributed by atoms with Gasteiger partial charge in [-0.05, 0) is 38.6 Å². The maximum atomic E-state index is 14.1. The predicted octanol–water partition coefficient (Wildman–Crippen LogP) is -0.681. The number of amides is 1. The number of aromatic hydroxyl groups is 1. The van der Waals surface area contributed by atoms with Crippen LogP contribution >= 0.6 is 0 Å². The first kappa shape index (κ1) is 28.2. The smallest absolute Gasteiger partial charge is 0.306 e. The number of nitrogens with zero attached hydrogens (tertiary/aromatic N) is 1. The third kappa shape index (κ3) is 4.09. The molecular formula is C27H30N2O10. The number of nitrogens with two attached hydrogens (primary N) is 1. The molecule has 4 N–H and O–H groups in total. The van der Waals surface area contributed by atoms with Crippen molar-refractivity contribution in [2.24, 2.45) is 29.4 Å². The topological polar surface area (TPSA) is 198 Å². The number of phenolic OH excluding ortho intramolecular Hbond substituents is 1. The number of Topliss-reactive ketones (excluding diaryl/α,β-unsaturated/α-hetero) is 5. The Kier molecular flexibility index (Phi) is 7.07. The van der Waals surface area contributed by atoms with Crippen molar-refractivity contribution in [3.63, 3.8) is 0 Å². The van der Waals surface area contributed by atoms with Crippen molar-refractivity contribution in [2.45, 2.75) is 50.4 Å². The minimum atomic E-state index is -3.09. The lowest BCUT2D eigenvalue weighted by molar-refractivity contribution is -0.205.